The van der Waals surface area contributed by atoms with Crippen molar-refractivity contribution in [3.05, 3.63) is 54.6 Å². The van der Waals surface area contributed by atoms with E-state index in [9.17, 15) is 9.59 Å². The number of benzene rings is 2. The fourth-order valence-electron chi connectivity index (χ4n) is 3.12. The summed E-state index contributed by atoms with van der Waals surface area (Å²) in [5, 5.41) is 2.92. The number of rotatable bonds is 3. The number of hydrogen-bond donors (Lipinski definition) is 1. The van der Waals surface area contributed by atoms with Gasteiger partial charge in [-0.1, -0.05) is 18.2 Å². The second kappa shape index (κ2) is 7.92. The highest BCUT2D eigenvalue weighted by Crippen LogP contribution is 2.26. The monoisotopic (exact) mass is 381 g/mol. The largest absolute Gasteiger partial charge is 0.457 e. The van der Waals surface area contributed by atoms with E-state index in [1.807, 2.05) is 75.4 Å². The minimum atomic E-state index is -0.517. The summed E-state index contributed by atoms with van der Waals surface area (Å²) in [5.74, 6) is 1.38. The van der Waals surface area contributed by atoms with Crippen LogP contribution in [0.25, 0.3) is 0 Å². The molecular formula is C22H27N3O3. The van der Waals surface area contributed by atoms with Crippen LogP contribution in [0, 0.1) is 0 Å². The number of amides is 3. The minimum Gasteiger partial charge on any atom is -0.457 e. The molecule has 0 aliphatic carbocycles. The fraction of sp³-hybridized carbons (Fsp3) is 0.364. The van der Waals surface area contributed by atoms with Crippen molar-refractivity contribution in [2.45, 2.75) is 39.3 Å². The molecule has 1 fully saturated rings. The molecule has 1 N–H and O–H groups in total. The second-order valence-electron chi connectivity index (χ2n) is 7.95. The molecule has 6 heteroatoms. The van der Waals surface area contributed by atoms with Crippen molar-refractivity contribution in [2.75, 3.05) is 18.0 Å². The quantitative estimate of drug-likeness (QED) is 0.873. The maximum Gasteiger partial charge on any atom is 0.318 e. The summed E-state index contributed by atoms with van der Waals surface area (Å²) in [5.41, 5.74) is 0.458. The van der Waals surface area contributed by atoms with Crippen LogP contribution in [0.2, 0.25) is 0 Å². The molecule has 1 atom stereocenters. The molecule has 2 aromatic rings. The Bertz CT molecular complexity index is 828. The molecule has 0 saturated carbocycles. The van der Waals surface area contributed by atoms with Gasteiger partial charge in [0.2, 0.25) is 5.91 Å². The smallest absolute Gasteiger partial charge is 0.318 e. The van der Waals surface area contributed by atoms with Crippen LogP contribution in [0.1, 0.15) is 27.7 Å². The highest BCUT2D eigenvalue weighted by Gasteiger charge is 2.35. The number of hydrogen-bond acceptors (Lipinski definition) is 3. The Kier molecular flexibility index (Phi) is 5.58. The van der Waals surface area contributed by atoms with Gasteiger partial charge in [-0.15, -0.1) is 0 Å². The predicted octanol–water partition coefficient (Wildman–Crippen LogP) is 4.02. The van der Waals surface area contributed by atoms with Crippen molar-refractivity contribution in [3.8, 4) is 11.5 Å². The molecule has 0 spiro atoms. The summed E-state index contributed by atoms with van der Waals surface area (Å²) < 4.78 is 5.80. The molecular weight excluding hydrogens is 354 g/mol. The van der Waals surface area contributed by atoms with Gasteiger partial charge < -0.3 is 19.9 Å². The van der Waals surface area contributed by atoms with Crippen molar-refractivity contribution in [2.24, 2.45) is 0 Å². The number of carbonyl (C=O) groups is 2. The van der Waals surface area contributed by atoms with E-state index in [0.29, 0.717) is 18.8 Å². The molecule has 0 aromatic heterocycles. The number of para-hydroxylation sites is 1. The topological polar surface area (TPSA) is 61.9 Å². The van der Waals surface area contributed by atoms with E-state index < -0.39 is 6.04 Å². The molecule has 2 aromatic carbocycles. The zero-order valence-electron chi connectivity index (χ0n) is 16.8. The van der Waals surface area contributed by atoms with Crippen LogP contribution in [-0.2, 0) is 4.79 Å². The Morgan fingerprint density at radius 1 is 1.00 bits per heavy atom. The average molecular weight is 381 g/mol. The lowest BCUT2D eigenvalue weighted by Gasteiger charge is -2.40. The number of anilines is 1. The van der Waals surface area contributed by atoms with Gasteiger partial charge in [0.15, 0.2) is 0 Å². The van der Waals surface area contributed by atoms with E-state index in [1.165, 1.54) is 0 Å². The first-order valence-corrected chi connectivity index (χ1v) is 9.48. The molecule has 6 nitrogen and oxygen atoms in total. The molecule has 1 saturated heterocycles. The maximum absolute atomic E-state index is 12.9. The minimum absolute atomic E-state index is 0.0907. The second-order valence-corrected chi connectivity index (χ2v) is 7.95. The van der Waals surface area contributed by atoms with E-state index in [-0.39, 0.29) is 17.5 Å². The Morgan fingerprint density at radius 3 is 2.21 bits per heavy atom. The van der Waals surface area contributed by atoms with Gasteiger partial charge in [0, 0.05) is 24.3 Å². The summed E-state index contributed by atoms with van der Waals surface area (Å²) in [4.78, 5) is 28.6. The lowest BCUT2D eigenvalue weighted by atomic mass is 10.1. The van der Waals surface area contributed by atoms with E-state index in [1.54, 1.807) is 16.7 Å². The van der Waals surface area contributed by atoms with Gasteiger partial charge >= 0.3 is 6.03 Å². The van der Waals surface area contributed by atoms with Gasteiger partial charge in [-0.25, -0.2) is 4.79 Å². The lowest BCUT2D eigenvalue weighted by Crippen LogP contribution is -2.61. The van der Waals surface area contributed by atoms with Gasteiger partial charge in [-0.2, -0.15) is 0 Å². The third kappa shape index (κ3) is 4.63. The Balaban J connectivity index is 1.66. The summed E-state index contributed by atoms with van der Waals surface area (Å²) in [7, 11) is 0. The van der Waals surface area contributed by atoms with Crippen LogP contribution in [0.3, 0.4) is 0 Å². The zero-order valence-corrected chi connectivity index (χ0v) is 16.8. The summed E-state index contributed by atoms with van der Waals surface area (Å²) >= 11 is 0. The van der Waals surface area contributed by atoms with E-state index >= 15 is 0 Å². The third-order valence-corrected chi connectivity index (χ3v) is 4.53. The Hall–Kier alpha value is -3.02. The van der Waals surface area contributed by atoms with Crippen LogP contribution in [-0.4, -0.2) is 41.5 Å². The molecule has 1 unspecified atom stereocenters. The Morgan fingerprint density at radius 2 is 1.61 bits per heavy atom. The van der Waals surface area contributed by atoms with Gasteiger partial charge in [-0.3, -0.25) is 4.79 Å². The van der Waals surface area contributed by atoms with Gasteiger partial charge in [0.25, 0.3) is 0 Å². The highest BCUT2D eigenvalue weighted by atomic mass is 16.5. The predicted molar refractivity (Wildman–Crippen MR) is 110 cm³/mol. The van der Waals surface area contributed by atoms with Crippen molar-refractivity contribution in [1.82, 2.24) is 10.2 Å². The molecule has 1 aliphatic rings. The van der Waals surface area contributed by atoms with Crippen LogP contribution in [0.15, 0.2) is 54.6 Å². The maximum atomic E-state index is 12.9. The third-order valence-electron chi connectivity index (χ3n) is 4.53. The standard InChI is InChI=1S/C22H27N3O3/c1-16-20(26)25(15-14-24(16)21(27)23-22(2,3)4)17-10-12-19(13-11-17)28-18-8-6-5-7-9-18/h5-13,16H,14-15H2,1-4H3,(H,23,27). The Labute approximate surface area is 166 Å². The molecule has 0 radical (unpaired) electrons. The molecule has 0 bridgehead atoms. The van der Waals surface area contributed by atoms with Gasteiger partial charge in [0.1, 0.15) is 17.5 Å². The van der Waals surface area contributed by atoms with E-state index in [2.05, 4.69) is 5.32 Å². The lowest BCUT2D eigenvalue weighted by molar-refractivity contribution is -0.124. The highest BCUT2D eigenvalue weighted by molar-refractivity contribution is 6.00. The number of urea groups is 1. The first-order valence-electron chi connectivity index (χ1n) is 9.48. The molecule has 148 valence electrons. The molecule has 28 heavy (non-hydrogen) atoms. The number of piperazine rings is 1. The van der Waals surface area contributed by atoms with E-state index in [4.69, 9.17) is 4.74 Å². The van der Waals surface area contributed by atoms with Crippen molar-refractivity contribution in [1.29, 1.82) is 0 Å². The molecule has 1 aliphatic heterocycles. The summed E-state index contributed by atoms with van der Waals surface area (Å²) in [6.07, 6.45) is 0. The molecule has 3 amide bonds. The van der Waals surface area contributed by atoms with Crippen molar-refractivity contribution >= 4 is 17.6 Å². The number of ether oxygens (including phenoxy) is 1. The molecule has 1 heterocycles. The number of carbonyl (C=O) groups excluding carboxylic acids is 2. The van der Waals surface area contributed by atoms with Gasteiger partial charge in [0.05, 0.1) is 0 Å². The van der Waals surface area contributed by atoms with Crippen molar-refractivity contribution in [3.63, 3.8) is 0 Å². The van der Waals surface area contributed by atoms with Crippen molar-refractivity contribution < 1.29 is 14.3 Å². The van der Waals surface area contributed by atoms with Crippen LogP contribution >= 0.6 is 0 Å². The summed E-state index contributed by atoms with van der Waals surface area (Å²) in [6.45, 7) is 8.48. The number of nitrogens with zero attached hydrogens (tertiary/aromatic N) is 2. The number of nitrogens with one attached hydrogen (secondary N) is 1. The SMILES string of the molecule is CC1C(=O)N(c2ccc(Oc3ccccc3)cc2)CCN1C(=O)NC(C)(C)C. The van der Waals surface area contributed by atoms with E-state index in [0.717, 1.165) is 11.4 Å². The summed E-state index contributed by atoms with van der Waals surface area (Å²) in [6, 6.07) is 16.2. The fourth-order valence-corrected chi connectivity index (χ4v) is 3.12. The first-order chi connectivity index (χ1) is 13.2. The van der Waals surface area contributed by atoms with Crippen LogP contribution < -0.4 is 15.0 Å². The normalized spacial score (nSPS) is 17.4. The average Bonchev–Trinajstić information content (AvgIpc) is 2.64. The zero-order chi connectivity index (χ0) is 20.3. The first kappa shape index (κ1) is 19.7. The molecule has 3 rings (SSSR count). The van der Waals surface area contributed by atoms with Crippen LogP contribution in [0.4, 0.5) is 10.5 Å². The van der Waals surface area contributed by atoms with Gasteiger partial charge in [-0.05, 0) is 64.1 Å². The van der Waals surface area contributed by atoms with Crippen LogP contribution in [0.5, 0.6) is 11.5 Å².